The van der Waals surface area contributed by atoms with Crippen molar-refractivity contribution in [2.75, 3.05) is 13.7 Å². The standard InChI is InChI=1S/C18H16N2O5S/c1-24-13-8-6-12(7-9-13)16-10-14(25-19-16)11-20-18(21)15-4-2-3-5-17(15)26(20,22)23/h2-9,14H,10-11H2,1H3/t14-/m1/s1. The summed E-state index contributed by atoms with van der Waals surface area (Å²) >= 11 is 0. The molecule has 2 heterocycles. The second-order valence-corrected chi connectivity index (χ2v) is 7.87. The first kappa shape index (κ1) is 16.6. The van der Waals surface area contributed by atoms with Crippen molar-refractivity contribution in [3.63, 3.8) is 0 Å². The van der Waals surface area contributed by atoms with Crippen LogP contribution < -0.4 is 4.74 Å². The predicted molar refractivity (Wildman–Crippen MR) is 93.7 cm³/mol. The average Bonchev–Trinajstić information content (AvgIpc) is 3.20. The number of rotatable bonds is 4. The summed E-state index contributed by atoms with van der Waals surface area (Å²) in [5.74, 6) is 0.207. The molecular weight excluding hydrogens is 356 g/mol. The lowest BCUT2D eigenvalue weighted by molar-refractivity contribution is 0.0599. The van der Waals surface area contributed by atoms with E-state index in [2.05, 4.69) is 5.16 Å². The molecule has 2 aromatic rings. The van der Waals surface area contributed by atoms with Crippen molar-refractivity contribution in [3.05, 3.63) is 59.7 Å². The largest absolute Gasteiger partial charge is 0.497 e. The molecule has 2 aliphatic rings. The Morgan fingerprint density at radius 2 is 1.92 bits per heavy atom. The van der Waals surface area contributed by atoms with E-state index in [1.165, 1.54) is 12.1 Å². The number of nitrogens with zero attached hydrogens (tertiary/aromatic N) is 2. The van der Waals surface area contributed by atoms with E-state index in [0.717, 1.165) is 15.6 Å². The van der Waals surface area contributed by atoms with Gasteiger partial charge in [-0.05, 0) is 42.0 Å². The van der Waals surface area contributed by atoms with E-state index in [1.54, 1.807) is 19.2 Å². The topological polar surface area (TPSA) is 85.3 Å². The Bertz CT molecular complexity index is 998. The summed E-state index contributed by atoms with van der Waals surface area (Å²) in [6.07, 6.45) is -0.0951. The molecule has 26 heavy (non-hydrogen) atoms. The van der Waals surface area contributed by atoms with Gasteiger partial charge >= 0.3 is 0 Å². The summed E-state index contributed by atoms with van der Waals surface area (Å²) in [5, 5.41) is 4.05. The van der Waals surface area contributed by atoms with Gasteiger partial charge in [-0.15, -0.1) is 0 Å². The van der Waals surface area contributed by atoms with Crippen LogP contribution in [-0.2, 0) is 14.9 Å². The molecule has 0 saturated heterocycles. The van der Waals surface area contributed by atoms with Crippen molar-refractivity contribution in [1.29, 1.82) is 0 Å². The third-order valence-electron chi connectivity index (χ3n) is 4.44. The molecule has 2 aliphatic heterocycles. The fourth-order valence-electron chi connectivity index (χ4n) is 3.08. The summed E-state index contributed by atoms with van der Waals surface area (Å²) in [6.45, 7) is -0.0704. The van der Waals surface area contributed by atoms with E-state index >= 15 is 0 Å². The van der Waals surface area contributed by atoms with Crippen LogP contribution >= 0.6 is 0 Å². The summed E-state index contributed by atoms with van der Waals surface area (Å²) < 4.78 is 31.2. The number of carbonyl (C=O) groups is 1. The quantitative estimate of drug-likeness (QED) is 0.820. The number of oxime groups is 1. The van der Waals surface area contributed by atoms with Crippen LogP contribution in [0.2, 0.25) is 0 Å². The molecule has 8 heteroatoms. The first-order chi connectivity index (χ1) is 12.5. The molecular formula is C18H16N2O5S. The number of hydrogen-bond acceptors (Lipinski definition) is 6. The number of amides is 1. The maximum atomic E-state index is 12.6. The Kier molecular flexibility index (Phi) is 3.91. The zero-order valence-corrected chi connectivity index (χ0v) is 14.8. The molecule has 0 fully saturated rings. The molecule has 0 N–H and O–H groups in total. The lowest BCUT2D eigenvalue weighted by Gasteiger charge is -2.18. The minimum absolute atomic E-state index is 0.0410. The van der Waals surface area contributed by atoms with Gasteiger partial charge in [-0.25, -0.2) is 12.7 Å². The first-order valence-corrected chi connectivity index (χ1v) is 9.48. The van der Waals surface area contributed by atoms with Crippen molar-refractivity contribution in [1.82, 2.24) is 4.31 Å². The van der Waals surface area contributed by atoms with Gasteiger partial charge < -0.3 is 9.57 Å². The minimum Gasteiger partial charge on any atom is -0.497 e. The molecule has 1 amide bonds. The molecule has 0 bridgehead atoms. The summed E-state index contributed by atoms with van der Waals surface area (Å²) in [5.41, 5.74) is 1.77. The molecule has 0 spiro atoms. The normalized spacial score (nSPS) is 20.5. The number of methoxy groups -OCH3 is 1. The highest BCUT2D eigenvalue weighted by atomic mass is 32.2. The van der Waals surface area contributed by atoms with Gasteiger partial charge in [0.05, 0.1) is 24.9 Å². The molecule has 134 valence electrons. The van der Waals surface area contributed by atoms with Gasteiger partial charge in [0.25, 0.3) is 15.9 Å². The van der Waals surface area contributed by atoms with Crippen LogP contribution in [0, 0.1) is 0 Å². The second kappa shape index (κ2) is 6.14. The molecule has 0 saturated carbocycles. The molecule has 7 nitrogen and oxygen atoms in total. The predicted octanol–water partition coefficient (Wildman–Crippen LogP) is 2.03. The van der Waals surface area contributed by atoms with E-state index in [-0.39, 0.29) is 17.0 Å². The van der Waals surface area contributed by atoms with Gasteiger partial charge in [0.2, 0.25) is 0 Å². The summed E-state index contributed by atoms with van der Waals surface area (Å²) in [4.78, 5) is 17.9. The highest BCUT2D eigenvalue weighted by molar-refractivity contribution is 7.90. The fourth-order valence-corrected chi connectivity index (χ4v) is 4.68. The molecule has 1 atom stereocenters. The summed E-state index contributed by atoms with van der Waals surface area (Å²) in [7, 11) is -2.25. The van der Waals surface area contributed by atoms with Gasteiger partial charge in [-0.3, -0.25) is 4.79 Å². The number of fused-ring (bicyclic) bond motifs is 1. The van der Waals surface area contributed by atoms with E-state index in [0.29, 0.717) is 12.1 Å². The molecule has 0 radical (unpaired) electrons. The van der Waals surface area contributed by atoms with Crippen molar-refractivity contribution in [2.24, 2.45) is 5.16 Å². The van der Waals surface area contributed by atoms with E-state index in [9.17, 15) is 13.2 Å². The minimum atomic E-state index is -3.84. The monoisotopic (exact) mass is 372 g/mol. The number of carbonyl (C=O) groups excluding carboxylic acids is 1. The third kappa shape index (κ3) is 2.62. The van der Waals surface area contributed by atoms with Crippen LogP contribution in [0.3, 0.4) is 0 Å². The van der Waals surface area contributed by atoms with E-state index in [1.807, 2.05) is 24.3 Å². The molecule has 2 aromatic carbocycles. The van der Waals surface area contributed by atoms with Crippen molar-refractivity contribution in [3.8, 4) is 5.75 Å². The summed E-state index contributed by atoms with van der Waals surface area (Å²) in [6, 6.07) is 13.6. The molecule has 0 aliphatic carbocycles. The smallest absolute Gasteiger partial charge is 0.269 e. The van der Waals surface area contributed by atoms with Crippen molar-refractivity contribution in [2.45, 2.75) is 17.4 Å². The molecule has 0 aromatic heterocycles. The van der Waals surface area contributed by atoms with E-state index in [4.69, 9.17) is 9.57 Å². The Balaban J connectivity index is 1.49. The van der Waals surface area contributed by atoms with E-state index < -0.39 is 22.0 Å². The third-order valence-corrected chi connectivity index (χ3v) is 6.24. The highest BCUT2D eigenvalue weighted by Crippen LogP contribution is 2.31. The molecule has 4 rings (SSSR count). The Labute approximate surface area is 150 Å². The fraction of sp³-hybridized carbons (Fsp3) is 0.222. The van der Waals surface area contributed by atoms with Crippen molar-refractivity contribution < 1.29 is 22.8 Å². The van der Waals surface area contributed by atoms with Gasteiger partial charge in [-0.2, -0.15) is 0 Å². The lowest BCUT2D eigenvalue weighted by Crippen LogP contribution is -2.37. The van der Waals surface area contributed by atoms with Crippen LogP contribution in [0.5, 0.6) is 5.75 Å². The number of sulfonamides is 1. The molecule has 0 unspecified atom stereocenters. The zero-order valence-electron chi connectivity index (χ0n) is 14.0. The van der Waals surface area contributed by atoms with Gasteiger partial charge in [0.1, 0.15) is 10.6 Å². The van der Waals surface area contributed by atoms with Crippen LogP contribution in [0.15, 0.2) is 58.6 Å². The Hall–Kier alpha value is -2.87. The van der Waals surface area contributed by atoms with Gasteiger partial charge in [0.15, 0.2) is 6.10 Å². The van der Waals surface area contributed by atoms with Crippen LogP contribution in [0.4, 0.5) is 0 Å². The number of benzene rings is 2. The maximum Gasteiger partial charge on any atom is 0.269 e. The first-order valence-electron chi connectivity index (χ1n) is 8.04. The van der Waals surface area contributed by atoms with Gasteiger partial charge in [0, 0.05) is 6.42 Å². The number of ether oxygens (including phenoxy) is 1. The highest BCUT2D eigenvalue weighted by Gasteiger charge is 2.43. The van der Waals surface area contributed by atoms with Crippen LogP contribution in [-0.4, -0.2) is 44.1 Å². The average molecular weight is 372 g/mol. The zero-order chi connectivity index (χ0) is 18.3. The second-order valence-electron chi connectivity index (χ2n) is 6.04. The Morgan fingerprint density at radius 1 is 1.19 bits per heavy atom. The van der Waals surface area contributed by atoms with Gasteiger partial charge in [-0.1, -0.05) is 17.3 Å². The maximum absolute atomic E-state index is 12.6. The SMILES string of the molecule is COc1ccc(C2=NO[C@@H](CN3C(=O)c4ccccc4S3(=O)=O)C2)cc1. The van der Waals surface area contributed by atoms with Crippen LogP contribution in [0.25, 0.3) is 0 Å². The van der Waals surface area contributed by atoms with Crippen LogP contribution in [0.1, 0.15) is 22.3 Å². The number of hydrogen-bond donors (Lipinski definition) is 0. The lowest BCUT2D eigenvalue weighted by atomic mass is 10.0. The van der Waals surface area contributed by atoms with Crippen molar-refractivity contribution >= 4 is 21.6 Å². The Morgan fingerprint density at radius 3 is 2.62 bits per heavy atom.